The molecule has 0 unspecified atom stereocenters. The number of benzene rings is 4. The Kier molecular flexibility index (Phi) is 5.68. The Hall–Kier alpha value is -3.54. The number of ether oxygens (including phenoxy) is 1. The second-order valence-electron chi connectivity index (χ2n) is 8.02. The second-order valence-corrected chi connectivity index (χ2v) is 10.3. The Morgan fingerprint density at radius 2 is 1.41 bits per heavy atom. The zero-order valence-corrected chi connectivity index (χ0v) is 20.3. The Morgan fingerprint density at radius 3 is 2.06 bits per heavy atom. The summed E-state index contributed by atoms with van der Waals surface area (Å²) < 4.78 is 34.0. The minimum absolute atomic E-state index is 0.243. The van der Waals surface area contributed by atoms with Gasteiger partial charge in [0.05, 0.1) is 17.5 Å². The molecule has 0 saturated carbocycles. The van der Waals surface area contributed by atoms with Crippen LogP contribution in [-0.4, -0.2) is 19.5 Å². The molecule has 5 rings (SSSR count). The van der Waals surface area contributed by atoms with Crippen molar-refractivity contribution in [2.24, 2.45) is 0 Å². The highest BCUT2D eigenvalue weighted by Gasteiger charge is 2.23. The molecule has 0 spiro atoms. The number of fused-ring (bicyclic) bond motifs is 1. The molecule has 1 aromatic heterocycles. The predicted molar refractivity (Wildman–Crippen MR) is 138 cm³/mol. The molecule has 0 atom stereocenters. The molecule has 0 N–H and O–H groups in total. The predicted octanol–water partition coefficient (Wildman–Crippen LogP) is 7.18. The Balaban J connectivity index is 1.83. The lowest BCUT2D eigenvalue weighted by atomic mass is 9.92. The zero-order chi connectivity index (χ0) is 23.9. The van der Waals surface area contributed by atoms with Gasteiger partial charge >= 0.3 is 0 Å². The molecule has 0 bridgehead atoms. The van der Waals surface area contributed by atoms with Crippen molar-refractivity contribution in [3.05, 3.63) is 108 Å². The van der Waals surface area contributed by atoms with Crippen LogP contribution in [0.15, 0.2) is 102 Å². The number of hydrogen-bond acceptors (Lipinski definition) is 3. The van der Waals surface area contributed by atoms with Crippen molar-refractivity contribution in [3.63, 3.8) is 0 Å². The molecule has 0 saturated heterocycles. The molecule has 0 aliphatic carbocycles. The first kappa shape index (κ1) is 22.3. The molecule has 0 aliphatic heterocycles. The van der Waals surface area contributed by atoms with Crippen LogP contribution in [0.4, 0.5) is 0 Å². The van der Waals surface area contributed by atoms with Gasteiger partial charge in [0.2, 0.25) is 0 Å². The van der Waals surface area contributed by atoms with Crippen molar-refractivity contribution < 1.29 is 13.2 Å². The summed E-state index contributed by atoms with van der Waals surface area (Å²) in [4.78, 5) is 0.243. The summed E-state index contributed by atoms with van der Waals surface area (Å²) >= 11 is 6.12. The zero-order valence-electron chi connectivity index (χ0n) is 18.7. The number of rotatable bonds is 5. The van der Waals surface area contributed by atoms with E-state index < -0.39 is 10.0 Å². The average Bonchev–Trinajstić information content (AvgIpc) is 3.32. The van der Waals surface area contributed by atoms with E-state index in [1.807, 2.05) is 61.5 Å². The highest BCUT2D eigenvalue weighted by Crippen LogP contribution is 2.40. The molecular weight excluding hydrogens is 466 g/mol. The Labute approximate surface area is 204 Å². The molecule has 6 heteroatoms. The van der Waals surface area contributed by atoms with Crippen LogP contribution in [0.3, 0.4) is 0 Å². The number of aromatic nitrogens is 1. The number of hydrogen-bond donors (Lipinski definition) is 0. The Morgan fingerprint density at radius 1 is 0.794 bits per heavy atom. The van der Waals surface area contributed by atoms with E-state index in [-0.39, 0.29) is 4.90 Å². The molecule has 5 aromatic rings. The van der Waals surface area contributed by atoms with Crippen molar-refractivity contribution in [2.75, 3.05) is 7.11 Å². The molecule has 0 radical (unpaired) electrons. The van der Waals surface area contributed by atoms with E-state index >= 15 is 0 Å². The summed E-state index contributed by atoms with van der Waals surface area (Å²) in [6, 6.07) is 27.7. The van der Waals surface area contributed by atoms with Crippen LogP contribution in [0, 0.1) is 6.92 Å². The SMILES string of the molecule is COc1ccc(-c2cc(-c3ccc(Cl)cc3)c(C)c3ccn(S(=O)(=O)c4ccccc4)c23)cc1. The highest BCUT2D eigenvalue weighted by atomic mass is 35.5. The molecule has 34 heavy (non-hydrogen) atoms. The van der Waals surface area contributed by atoms with E-state index in [4.69, 9.17) is 16.3 Å². The first-order chi connectivity index (χ1) is 16.4. The standard InChI is InChI=1S/C28H22ClNO3S/c1-19-25-16-17-30(34(31,32)24-6-4-3-5-7-24)28(25)27(21-10-14-23(33-2)15-11-21)18-26(19)20-8-12-22(29)13-9-20/h3-18H,1-2H3. The van der Waals surface area contributed by atoms with Gasteiger partial charge in [-0.05, 0) is 77.7 Å². The maximum Gasteiger partial charge on any atom is 0.268 e. The third kappa shape index (κ3) is 3.77. The van der Waals surface area contributed by atoms with Crippen LogP contribution >= 0.6 is 11.6 Å². The van der Waals surface area contributed by atoms with Crippen LogP contribution in [0.2, 0.25) is 5.02 Å². The first-order valence-corrected chi connectivity index (χ1v) is 12.6. The minimum Gasteiger partial charge on any atom is -0.497 e. The van der Waals surface area contributed by atoms with Crippen LogP contribution in [0.25, 0.3) is 33.2 Å². The quantitative estimate of drug-likeness (QED) is 0.264. The smallest absolute Gasteiger partial charge is 0.268 e. The van der Waals surface area contributed by atoms with Gasteiger partial charge in [-0.15, -0.1) is 0 Å². The lowest BCUT2D eigenvalue weighted by Gasteiger charge is -2.16. The van der Waals surface area contributed by atoms with Crippen LogP contribution in [0.5, 0.6) is 5.75 Å². The van der Waals surface area contributed by atoms with Gasteiger partial charge in [-0.2, -0.15) is 0 Å². The summed E-state index contributed by atoms with van der Waals surface area (Å²) in [7, 11) is -2.17. The minimum atomic E-state index is -3.79. The van der Waals surface area contributed by atoms with Gasteiger partial charge in [-0.1, -0.05) is 54.1 Å². The lowest BCUT2D eigenvalue weighted by molar-refractivity contribution is 0.415. The number of nitrogens with zero attached hydrogens (tertiary/aromatic N) is 1. The average molecular weight is 488 g/mol. The van der Waals surface area contributed by atoms with Crippen LogP contribution < -0.4 is 4.74 Å². The van der Waals surface area contributed by atoms with E-state index in [1.165, 1.54) is 3.97 Å². The van der Waals surface area contributed by atoms with Crippen molar-refractivity contribution in [1.82, 2.24) is 3.97 Å². The molecule has 0 amide bonds. The molecule has 1 heterocycles. The summed E-state index contributed by atoms with van der Waals surface area (Å²) in [5, 5.41) is 1.54. The highest BCUT2D eigenvalue weighted by molar-refractivity contribution is 7.90. The number of aryl methyl sites for hydroxylation is 1. The molecule has 170 valence electrons. The summed E-state index contributed by atoms with van der Waals surface area (Å²) in [6.45, 7) is 2.02. The largest absolute Gasteiger partial charge is 0.497 e. The van der Waals surface area contributed by atoms with Gasteiger partial charge in [-0.25, -0.2) is 12.4 Å². The van der Waals surface area contributed by atoms with Crippen molar-refractivity contribution in [3.8, 4) is 28.0 Å². The van der Waals surface area contributed by atoms with E-state index in [2.05, 4.69) is 6.07 Å². The van der Waals surface area contributed by atoms with Gasteiger partial charge in [0.15, 0.2) is 0 Å². The first-order valence-electron chi connectivity index (χ1n) is 10.8. The summed E-state index contributed by atoms with van der Waals surface area (Å²) in [5.41, 5.74) is 5.38. The fraction of sp³-hybridized carbons (Fsp3) is 0.0714. The lowest BCUT2D eigenvalue weighted by Crippen LogP contribution is -2.12. The van der Waals surface area contributed by atoms with Gasteiger partial charge < -0.3 is 4.74 Å². The van der Waals surface area contributed by atoms with Crippen molar-refractivity contribution in [1.29, 1.82) is 0 Å². The fourth-order valence-corrected chi connectivity index (χ4v) is 5.79. The molecule has 0 aliphatic rings. The number of halogens is 1. The van der Waals surface area contributed by atoms with Gasteiger partial charge in [0.1, 0.15) is 5.75 Å². The van der Waals surface area contributed by atoms with Crippen LogP contribution in [-0.2, 0) is 10.0 Å². The van der Waals surface area contributed by atoms with E-state index in [1.54, 1.807) is 43.6 Å². The summed E-state index contributed by atoms with van der Waals surface area (Å²) in [6.07, 6.45) is 1.64. The van der Waals surface area contributed by atoms with Crippen LogP contribution in [0.1, 0.15) is 5.56 Å². The summed E-state index contributed by atoms with van der Waals surface area (Å²) in [5.74, 6) is 0.734. The van der Waals surface area contributed by atoms with Gasteiger partial charge in [0.25, 0.3) is 10.0 Å². The number of methoxy groups -OCH3 is 1. The van der Waals surface area contributed by atoms with E-state index in [0.29, 0.717) is 10.5 Å². The van der Waals surface area contributed by atoms with Crippen molar-refractivity contribution >= 4 is 32.5 Å². The molecule has 4 nitrogen and oxygen atoms in total. The van der Waals surface area contributed by atoms with Crippen molar-refractivity contribution in [2.45, 2.75) is 11.8 Å². The van der Waals surface area contributed by atoms with Gasteiger partial charge in [0, 0.05) is 22.2 Å². The fourth-order valence-electron chi connectivity index (χ4n) is 4.27. The topological polar surface area (TPSA) is 48.3 Å². The normalized spacial score (nSPS) is 11.6. The van der Waals surface area contributed by atoms with Gasteiger partial charge in [-0.3, -0.25) is 0 Å². The molecule has 4 aromatic carbocycles. The Bertz CT molecular complexity index is 1590. The van der Waals surface area contributed by atoms with E-state index in [0.717, 1.165) is 39.0 Å². The third-order valence-corrected chi connectivity index (χ3v) is 8.00. The maximum absolute atomic E-state index is 13.6. The molecule has 0 fully saturated rings. The third-order valence-electron chi connectivity index (χ3n) is 6.06. The van der Waals surface area contributed by atoms with E-state index in [9.17, 15) is 8.42 Å². The second kappa shape index (κ2) is 8.67. The molecular formula is C28H22ClNO3S. The monoisotopic (exact) mass is 487 g/mol. The maximum atomic E-state index is 13.6.